The fourth-order valence-corrected chi connectivity index (χ4v) is 4.10. The van der Waals surface area contributed by atoms with E-state index in [1.54, 1.807) is 66.7 Å². The lowest BCUT2D eigenvalue weighted by atomic mass is 9.94. The Bertz CT molecular complexity index is 1270. The summed E-state index contributed by atoms with van der Waals surface area (Å²) in [5.41, 5.74) is 2.18. The number of amides is 1. The molecule has 168 valence electrons. The molecular formula is C26H22ClNO5. The van der Waals surface area contributed by atoms with Gasteiger partial charge in [0.05, 0.1) is 25.8 Å². The molecule has 0 radical (unpaired) electrons. The summed E-state index contributed by atoms with van der Waals surface area (Å²) in [5, 5.41) is 11.6. The molecule has 7 heteroatoms. The van der Waals surface area contributed by atoms with E-state index in [1.165, 1.54) is 19.1 Å². The van der Waals surface area contributed by atoms with Gasteiger partial charge in [0, 0.05) is 27.9 Å². The highest BCUT2D eigenvalue weighted by Gasteiger charge is 2.48. The second-order valence-corrected chi connectivity index (χ2v) is 7.98. The van der Waals surface area contributed by atoms with Crippen LogP contribution in [0.5, 0.6) is 11.5 Å². The topological polar surface area (TPSA) is 76.1 Å². The largest absolute Gasteiger partial charge is 0.507 e. The van der Waals surface area contributed by atoms with Gasteiger partial charge in [-0.2, -0.15) is 0 Å². The third-order valence-electron chi connectivity index (χ3n) is 5.66. The van der Waals surface area contributed by atoms with Crippen LogP contribution in [0.25, 0.3) is 5.76 Å². The summed E-state index contributed by atoms with van der Waals surface area (Å²) < 4.78 is 10.9. The lowest BCUT2D eigenvalue weighted by Crippen LogP contribution is -2.29. The number of carbonyl (C=O) groups is 2. The maximum absolute atomic E-state index is 13.3. The average Bonchev–Trinajstić information content (AvgIpc) is 3.10. The molecule has 3 aromatic carbocycles. The Kier molecular flexibility index (Phi) is 6.11. The summed E-state index contributed by atoms with van der Waals surface area (Å²) in [6, 6.07) is 17.9. The summed E-state index contributed by atoms with van der Waals surface area (Å²) >= 11 is 6.34. The number of benzene rings is 3. The van der Waals surface area contributed by atoms with Gasteiger partial charge in [-0.25, -0.2) is 0 Å². The van der Waals surface area contributed by atoms with Crippen molar-refractivity contribution in [3.8, 4) is 11.5 Å². The predicted molar refractivity (Wildman–Crippen MR) is 127 cm³/mol. The van der Waals surface area contributed by atoms with Gasteiger partial charge in [-0.15, -0.1) is 0 Å². The Morgan fingerprint density at radius 3 is 2.33 bits per heavy atom. The van der Waals surface area contributed by atoms with Crippen LogP contribution >= 0.6 is 11.6 Å². The summed E-state index contributed by atoms with van der Waals surface area (Å²) in [5.74, 6) is -0.874. The van der Waals surface area contributed by atoms with Gasteiger partial charge in [0.25, 0.3) is 11.7 Å². The summed E-state index contributed by atoms with van der Waals surface area (Å²) in [6.07, 6.45) is 0. The Morgan fingerprint density at radius 2 is 1.70 bits per heavy atom. The second kappa shape index (κ2) is 9.00. The first-order valence-electron chi connectivity index (χ1n) is 10.2. The number of halogens is 1. The van der Waals surface area contributed by atoms with Gasteiger partial charge < -0.3 is 14.6 Å². The maximum atomic E-state index is 13.3. The molecule has 4 rings (SSSR count). The van der Waals surface area contributed by atoms with Crippen LogP contribution in [0.15, 0.2) is 72.3 Å². The van der Waals surface area contributed by atoms with Crippen molar-refractivity contribution in [3.05, 3.63) is 94.0 Å². The van der Waals surface area contributed by atoms with Crippen LogP contribution < -0.4 is 14.4 Å². The van der Waals surface area contributed by atoms with Crippen molar-refractivity contribution in [2.75, 3.05) is 19.1 Å². The van der Waals surface area contributed by atoms with Gasteiger partial charge in [-0.05, 0) is 36.8 Å². The molecule has 1 fully saturated rings. The zero-order valence-corrected chi connectivity index (χ0v) is 19.1. The Hall–Kier alpha value is -3.77. The maximum Gasteiger partial charge on any atom is 0.300 e. The van der Waals surface area contributed by atoms with Crippen LogP contribution in [0, 0.1) is 6.92 Å². The number of ketones is 1. The van der Waals surface area contributed by atoms with Crippen LogP contribution in [-0.2, 0) is 9.59 Å². The number of methoxy groups -OCH3 is 2. The molecule has 1 heterocycles. The first kappa shape index (κ1) is 22.4. The van der Waals surface area contributed by atoms with E-state index in [1.807, 2.05) is 6.92 Å². The summed E-state index contributed by atoms with van der Waals surface area (Å²) in [7, 11) is 3.02. The van der Waals surface area contributed by atoms with Crippen molar-refractivity contribution in [1.29, 1.82) is 0 Å². The van der Waals surface area contributed by atoms with Crippen molar-refractivity contribution < 1.29 is 24.2 Å². The fourth-order valence-electron chi connectivity index (χ4n) is 3.92. The van der Waals surface area contributed by atoms with Crippen molar-refractivity contribution >= 4 is 34.7 Å². The number of nitrogens with zero attached hydrogens (tertiary/aromatic N) is 1. The smallest absolute Gasteiger partial charge is 0.300 e. The van der Waals surface area contributed by atoms with Gasteiger partial charge in [0.2, 0.25) is 0 Å². The molecule has 1 unspecified atom stereocenters. The normalized spacial score (nSPS) is 17.3. The van der Waals surface area contributed by atoms with E-state index in [-0.39, 0.29) is 11.3 Å². The first-order chi connectivity index (χ1) is 15.9. The number of anilines is 1. The molecule has 0 bridgehead atoms. The van der Waals surface area contributed by atoms with E-state index < -0.39 is 17.7 Å². The first-order valence-corrected chi connectivity index (χ1v) is 10.6. The van der Waals surface area contributed by atoms with Crippen LogP contribution in [-0.4, -0.2) is 31.0 Å². The van der Waals surface area contributed by atoms with E-state index in [4.69, 9.17) is 21.1 Å². The molecule has 0 aromatic heterocycles. The van der Waals surface area contributed by atoms with Gasteiger partial charge in [0.15, 0.2) is 0 Å². The van der Waals surface area contributed by atoms with Crippen LogP contribution in [0.3, 0.4) is 0 Å². The van der Waals surface area contributed by atoms with Gasteiger partial charge >= 0.3 is 0 Å². The Morgan fingerprint density at radius 1 is 0.970 bits per heavy atom. The van der Waals surface area contributed by atoms with Gasteiger partial charge in [0.1, 0.15) is 17.3 Å². The van der Waals surface area contributed by atoms with Crippen LogP contribution in [0.1, 0.15) is 22.7 Å². The standard InChI is InChI=1S/C26H22ClNO5/c1-15-9-10-17(13-20(15)27)28-23(19-12-11-18(32-2)14-21(19)33-3)22(25(30)26(28)31)24(29)16-7-5-4-6-8-16/h4-14,23,29H,1-3H3. The van der Waals surface area contributed by atoms with Gasteiger partial charge in [-0.1, -0.05) is 48.0 Å². The highest BCUT2D eigenvalue weighted by molar-refractivity contribution is 6.52. The molecule has 1 atom stereocenters. The highest BCUT2D eigenvalue weighted by atomic mass is 35.5. The van der Waals surface area contributed by atoms with Crippen molar-refractivity contribution in [2.24, 2.45) is 0 Å². The average molecular weight is 464 g/mol. The van der Waals surface area contributed by atoms with E-state index in [0.717, 1.165) is 5.56 Å². The number of Topliss-reactive ketones (excluding diaryl/α,β-unsaturated/α-hetero) is 1. The number of hydrogen-bond donors (Lipinski definition) is 1. The number of aliphatic hydroxyl groups excluding tert-OH is 1. The van der Waals surface area contributed by atoms with Crippen LogP contribution in [0.4, 0.5) is 5.69 Å². The Labute approximate surface area is 196 Å². The molecule has 0 spiro atoms. The van der Waals surface area contributed by atoms with Crippen LogP contribution in [0.2, 0.25) is 5.02 Å². The number of aliphatic hydroxyl groups is 1. The number of carbonyl (C=O) groups excluding carboxylic acids is 2. The molecule has 0 aliphatic carbocycles. The lowest BCUT2D eigenvalue weighted by Gasteiger charge is -2.27. The SMILES string of the molecule is COc1ccc(C2C(=C(O)c3ccccc3)C(=O)C(=O)N2c2ccc(C)c(Cl)c2)c(OC)c1. The summed E-state index contributed by atoms with van der Waals surface area (Å²) in [4.78, 5) is 27.9. The fraction of sp³-hybridized carbons (Fsp3) is 0.154. The van der Waals surface area contributed by atoms with Crippen molar-refractivity contribution in [2.45, 2.75) is 13.0 Å². The van der Waals surface area contributed by atoms with Gasteiger partial charge in [-0.3, -0.25) is 14.5 Å². The van der Waals surface area contributed by atoms with E-state index in [0.29, 0.717) is 33.3 Å². The number of aryl methyl sites for hydroxylation is 1. The molecule has 0 saturated carbocycles. The minimum atomic E-state index is -0.940. The summed E-state index contributed by atoms with van der Waals surface area (Å²) in [6.45, 7) is 1.85. The van der Waals surface area contributed by atoms with E-state index >= 15 is 0 Å². The quantitative estimate of drug-likeness (QED) is 0.316. The van der Waals surface area contributed by atoms with Crippen molar-refractivity contribution in [1.82, 2.24) is 0 Å². The molecular weight excluding hydrogens is 442 g/mol. The molecule has 3 aromatic rings. The highest BCUT2D eigenvalue weighted by Crippen LogP contribution is 2.46. The number of hydrogen-bond acceptors (Lipinski definition) is 5. The number of rotatable bonds is 5. The molecule has 33 heavy (non-hydrogen) atoms. The minimum absolute atomic E-state index is 0.0358. The Balaban J connectivity index is 2.00. The third kappa shape index (κ3) is 3.94. The van der Waals surface area contributed by atoms with Crippen molar-refractivity contribution in [3.63, 3.8) is 0 Å². The monoisotopic (exact) mass is 463 g/mol. The lowest BCUT2D eigenvalue weighted by molar-refractivity contribution is -0.132. The van der Waals surface area contributed by atoms with E-state index in [2.05, 4.69) is 0 Å². The zero-order valence-electron chi connectivity index (χ0n) is 18.3. The molecule has 1 N–H and O–H groups in total. The predicted octanol–water partition coefficient (Wildman–Crippen LogP) is 5.29. The minimum Gasteiger partial charge on any atom is -0.507 e. The van der Waals surface area contributed by atoms with E-state index in [9.17, 15) is 14.7 Å². The zero-order chi connectivity index (χ0) is 23.7. The third-order valence-corrected chi connectivity index (χ3v) is 6.07. The molecule has 1 amide bonds. The number of ether oxygens (including phenoxy) is 2. The second-order valence-electron chi connectivity index (χ2n) is 7.58. The molecule has 1 aliphatic heterocycles. The molecule has 1 saturated heterocycles. The molecule has 6 nitrogen and oxygen atoms in total. The molecule has 1 aliphatic rings.